The molecule has 4 aliphatic rings. The van der Waals surface area contributed by atoms with E-state index in [1.807, 2.05) is 0 Å². The molecule has 24 heavy (non-hydrogen) atoms. The van der Waals surface area contributed by atoms with Gasteiger partial charge in [-0.25, -0.2) is 4.39 Å². The number of fused-ring (bicyclic) bond motifs is 4. The molecular weight excluding hydrogens is 327 g/mol. The zero-order valence-electron chi connectivity index (χ0n) is 13.9. The SMILES string of the molecule is O=C(C1CCC1)N1C[C@H]2CC[C@@H](C1)N(Cc1c(F)cccc1Cl)C2. The number of hydrogen-bond acceptors (Lipinski definition) is 2. The second kappa shape index (κ2) is 6.64. The summed E-state index contributed by atoms with van der Waals surface area (Å²) in [5.74, 6) is 0.879. The van der Waals surface area contributed by atoms with Crippen LogP contribution in [-0.4, -0.2) is 41.4 Å². The lowest BCUT2D eigenvalue weighted by Crippen LogP contribution is -2.45. The number of carbonyl (C=O) groups excluding carboxylic acids is 1. The number of hydrogen-bond donors (Lipinski definition) is 0. The number of piperidine rings is 1. The summed E-state index contributed by atoms with van der Waals surface area (Å²) in [7, 11) is 0. The molecule has 0 radical (unpaired) electrons. The van der Waals surface area contributed by atoms with Crippen LogP contribution in [0.2, 0.25) is 5.02 Å². The minimum Gasteiger partial charge on any atom is -0.341 e. The molecule has 1 saturated carbocycles. The van der Waals surface area contributed by atoms with Crippen LogP contribution in [0.25, 0.3) is 0 Å². The molecule has 5 heteroatoms. The molecule has 3 aliphatic heterocycles. The Labute approximate surface area is 147 Å². The van der Waals surface area contributed by atoms with Gasteiger partial charge in [0.15, 0.2) is 0 Å². The van der Waals surface area contributed by atoms with Crippen molar-refractivity contribution < 1.29 is 9.18 Å². The summed E-state index contributed by atoms with van der Waals surface area (Å²) in [6.07, 6.45) is 5.55. The van der Waals surface area contributed by atoms with Crippen LogP contribution in [0.5, 0.6) is 0 Å². The van der Waals surface area contributed by atoms with Gasteiger partial charge in [-0.05, 0) is 43.7 Å². The topological polar surface area (TPSA) is 23.6 Å². The molecule has 0 unspecified atom stereocenters. The lowest BCUT2D eigenvalue weighted by Gasteiger charge is -2.36. The predicted molar refractivity (Wildman–Crippen MR) is 92.3 cm³/mol. The van der Waals surface area contributed by atoms with E-state index in [-0.39, 0.29) is 11.7 Å². The van der Waals surface area contributed by atoms with Gasteiger partial charge in [-0.15, -0.1) is 0 Å². The standard InChI is InChI=1S/C19H24ClFN2O/c20-17-5-2-6-18(21)16(17)12-22-9-13-7-8-15(22)11-23(10-13)19(24)14-3-1-4-14/h2,5-6,13-15H,1,3-4,7-12H2/t13-,15-/m0/s1. The zero-order valence-corrected chi connectivity index (χ0v) is 14.6. The van der Waals surface area contributed by atoms with Crippen LogP contribution >= 0.6 is 11.6 Å². The van der Waals surface area contributed by atoms with Gasteiger partial charge in [0.1, 0.15) is 5.82 Å². The van der Waals surface area contributed by atoms with E-state index in [4.69, 9.17) is 11.6 Å². The Kier molecular flexibility index (Phi) is 4.52. The highest BCUT2D eigenvalue weighted by atomic mass is 35.5. The van der Waals surface area contributed by atoms with Crippen molar-refractivity contribution in [2.75, 3.05) is 19.6 Å². The summed E-state index contributed by atoms with van der Waals surface area (Å²) in [6, 6.07) is 5.20. The number of benzene rings is 1. The van der Waals surface area contributed by atoms with E-state index in [1.165, 1.54) is 18.9 Å². The zero-order chi connectivity index (χ0) is 16.7. The molecular formula is C19H24ClFN2O. The monoisotopic (exact) mass is 350 g/mol. The third-order valence-electron chi connectivity index (χ3n) is 6.02. The maximum atomic E-state index is 14.1. The molecule has 2 atom stereocenters. The Morgan fingerprint density at radius 2 is 2.00 bits per heavy atom. The Morgan fingerprint density at radius 1 is 1.17 bits per heavy atom. The van der Waals surface area contributed by atoms with Gasteiger partial charge in [0.2, 0.25) is 5.91 Å². The van der Waals surface area contributed by atoms with E-state index in [0.717, 1.165) is 38.9 Å². The molecule has 0 spiro atoms. The minimum absolute atomic E-state index is 0.231. The first kappa shape index (κ1) is 16.3. The largest absolute Gasteiger partial charge is 0.341 e. The molecule has 1 amide bonds. The number of amides is 1. The highest BCUT2D eigenvalue weighted by molar-refractivity contribution is 6.31. The van der Waals surface area contributed by atoms with E-state index in [1.54, 1.807) is 12.1 Å². The number of rotatable bonds is 3. The van der Waals surface area contributed by atoms with Crippen LogP contribution in [0.4, 0.5) is 4.39 Å². The van der Waals surface area contributed by atoms with Gasteiger partial charge >= 0.3 is 0 Å². The van der Waals surface area contributed by atoms with Gasteiger partial charge in [0.25, 0.3) is 0 Å². The van der Waals surface area contributed by atoms with Crippen molar-refractivity contribution in [3.05, 3.63) is 34.6 Å². The summed E-state index contributed by atoms with van der Waals surface area (Å²) >= 11 is 6.21. The lowest BCUT2D eigenvalue weighted by molar-refractivity contribution is -0.138. The smallest absolute Gasteiger partial charge is 0.225 e. The van der Waals surface area contributed by atoms with Crippen LogP contribution in [-0.2, 0) is 11.3 Å². The van der Waals surface area contributed by atoms with Crippen molar-refractivity contribution >= 4 is 17.5 Å². The van der Waals surface area contributed by atoms with Gasteiger partial charge in [-0.3, -0.25) is 9.69 Å². The molecule has 2 bridgehead atoms. The summed E-state index contributed by atoms with van der Waals surface area (Å²) in [6.45, 7) is 3.13. The Hall–Kier alpha value is -1.13. The summed E-state index contributed by atoms with van der Waals surface area (Å²) in [5, 5.41) is 0.498. The van der Waals surface area contributed by atoms with Crippen LogP contribution in [0, 0.1) is 17.7 Å². The summed E-state index contributed by atoms with van der Waals surface area (Å²) in [4.78, 5) is 17.1. The van der Waals surface area contributed by atoms with E-state index < -0.39 is 0 Å². The minimum atomic E-state index is -0.231. The van der Waals surface area contributed by atoms with Crippen molar-refractivity contribution in [3.8, 4) is 0 Å². The average Bonchev–Trinajstić information content (AvgIpc) is 2.81. The van der Waals surface area contributed by atoms with Crippen LogP contribution in [0.3, 0.4) is 0 Å². The highest BCUT2D eigenvalue weighted by Gasteiger charge is 2.39. The lowest BCUT2D eigenvalue weighted by atomic mass is 9.84. The van der Waals surface area contributed by atoms with Crippen molar-refractivity contribution in [1.82, 2.24) is 9.80 Å². The summed E-state index contributed by atoms with van der Waals surface area (Å²) < 4.78 is 14.1. The molecule has 1 aromatic rings. The fourth-order valence-electron chi connectivity index (χ4n) is 4.35. The van der Waals surface area contributed by atoms with Crippen molar-refractivity contribution in [2.45, 2.75) is 44.7 Å². The first-order valence-corrected chi connectivity index (χ1v) is 9.45. The Bertz CT molecular complexity index is 614. The maximum Gasteiger partial charge on any atom is 0.225 e. The number of carbonyl (C=O) groups is 1. The highest BCUT2D eigenvalue weighted by Crippen LogP contribution is 2.34. The van der Waals surface area contributed by atoms with Gasteiger partial charge in [0.05, 0.1) is 0 Å². The number of nitrogens with zero attached hydrogens (tertiary/aromatic N) is 2. The molecule has 4 fully saturated rings. The molecule has 5 rings (SSSR count). The molecule has 0 aromatic heterocycles. The van der Waals surface area contributed by atoms with E-state index in [2.05, 4.69) is 9.80 Å². The predicted octanol–water partition coefficient (Wildman–Crippen LogP) is 3.70. The van der Waals surface area contributed by atoms with Crippen molar-refractivity contribution in [3.63, 3.8) is 0 Å². The van der Waals surface area contributed by atoms with Crippen LogP contribution < -0.4 is 0 Å². The number of halogens is 2. The molecule has 3 heterocycles. The van der Waals surface area contributed by atoms with Gasteiger partial charge < -0.3 is 4.90 Å². The normalized spacial score (nSPS) is 27.8. The molecule has 3 nitrogen and oxygen atoms in total. The Balaban J connectivity index is 1.49. The van der Waals surface area contributed by atoms with Gasteiger partial charge in [-0.2, -0.15) is 0 Å². The van der Waals surface area contributed by atoms with Gasteiger partial charge in [-0.1, -0.05) is 24.1 Å². The molecule has 1 aromatic carbocycles. The average molecular weight is 351 g/mol. The molecule has 130 valence electrons. The first-order valence-electron chi connectivity index (χ1n) is 9.07. The van der Waals surface area contributed by atoms with E-state index in [9.17, 15) is 9.18 Å². The first-order chi connectivity index (χ1) is 11.6. The fraction of sp³-hybridized carbons (Fsp3) is 0.632. The molecule has 3 saturated heterocycles. The van der Waals surface area contributed by atoms with Crippen molar-refractivity contribution in [1.29, 1.82) is 0 Å². The van der Waals surface area contributed by atoms with Crippen LogP contribution in [0.1, 0.15) is 37.7 Å². The van der Waals surface area contributed by atoms with Crippen molar-refractivity contribution in [2.24, 2.45) is 11.8 Å². The summed E-state index contributed by atoms with van der Waals surface area (Å²) in [5.41, 5.74) is 0.587. The third-order valence-corrected chi connectivity index (χ3v) is 6.37. The van der Waals surface area contributed by atoms with Gasteiger partial charge in [0, 0.05) is 48.7 Å². The Morgan fingerprint density at radius 3 is 2.71 bits per heavy atom. The maximum absolute atomic E-state index is 14.1. The van der Waals surface area contributed by atoms with Crippen LogP contribution in [0.15, 0.2) is 18.2 Å². The quantitative estimate of drug-likeness (QED) is 0.829. The van der Waals surface area contributed by atoms with E-state index >= 15 is 0 Å². The fourth-order valence-corrected chi connectivity index (χ4v) is 4.58. The third kappa shape index (κ3) is 3.06. The molecule has 0 N–H and O–H groups in total. The second-order valence-electron chi connectivity index (χ2n) is 7.60. The molecule has 1 aliphatic carbocycles. The second-order valence-corrected chi connectivity index (χ2v) is 8.01. The van der Waals surface area contributed by atoms with E-state index in [0.29, 0.717) is 35.0 Å².